The van der Waals surface area contributed by atoms with E-state index in [1.165, 1.54) is 0 Å². The molecule has 0 atom stereocenters. The molecule has 0 spiro atoms. The zero-order valence-electron chi connectivity index (χ0n) is 23.6. The Morgan fingerprint density at radius 3 is 0.649 bits per heavy atom. The smallest absolute Gasteiger partial charge is 0.127 e. The van der Waals surface area contributed by atoms with Crippen molar-refractivity contribution in [2.75, 3.05) is 13.2 Å². The lowest BCUT2D eigenvalue weighted by Crippen LogP contribution is -1.85. The van der Waals surface area contributed by atoms with Crippen LogP contribution in [-0.4, -0.2) is 23.4 Å². The summed E-state index contributed by atoms with van der Waals surface area (Å²) in [5.41, 5.74) is 0. The molecule has 0 heterocycles. The molecule has 0 aromatic heterocycles. The van der Waals surface area contributed by atoms with Crippen molar-refractivity contribution >= 4 is 0 Å². The first-order chi connectivity index (χ1) is 18.4. The quantitative estimate of drug-likeness (QED) is 0.402. The Morgan fingerprint density at radius 1 is 0.351 bits per heavy atom. The maximum atomic E-state index is 7.62. The maximum Gasteiger partial charge on any atom is 0.127 e. The number of ether oxygens (including phenoxy) is 1. The fourth-order valence-corrected chi connectivity index (χ4v) is 1.11. The molecule has 0 radical (unpaired) electrons. The lowest BCUT2D eigenvalue weighted by Gasteiger charge is -2.03. The van der Waals surface area contributed by atoms with Crippen LogP contribution in [0.25, 0.3) is 0 Å². The molecular weight excluding hydrogens is 456 g/mol. The molecule has 2 aromatic rings. The lowest BCUT2D eigenvalue weighted by atomic mass is 10.3. The van der Waals surface area contributed by atoms with Gasteiger partial charge in [0.2, 0.25) is 0 Å². The van der Waals surface area contributed by atoms with E-state index in [1.54, 1.807) is 0 Å². The molecular formula is C34H56O3. The summed E-state index contributed by atoms with van der Waals surface area (Å²) in [6.45, 7) is 59.8. The second kappa shape index (κ2) is 139. The molecule has 2 N–H and O–H groups in total. The van der Waals surface area contributed by atoms with Gasteiger partial charge in [0, 0.05) is 0 Å². The van der Waals surface area contributed by atoms with Crippen molar-refractivity contribution < 1.29 is 14.9 Å². The van der Waals surface area contributed by atoms with Gasteiger partial charge in [0.15, 0.2) is 0 Å². The summed E-state index contributed by atoms with van der Waals surface area (Å²) in [6.07, 6.45) is 0. The topological polar surface area (TPSA) is 49.7 Å². The van der Waals surface area contributed by atoms with Crippen LogP contribution >= 0.6 is 0 Å². The molecule has 0 saturated carbocycles. The Kier molecular flexibility index (Phi) is 239. The molecule has 3 nitrogen and oxygen atoms in total. The number of rotatable bonds is 3. The summed E-state index contributed by atoms with van der Waals surface area (Å²) in [5, 5.41) is 15.2. The van der Waals surface area contributed by atoms with E-state index in [4.69, 9.17) is 14.9 Å². The van der Waals surface area contributed by atoms with Crippen LogP contribution in [-0.2, 0) is 0 Å². The molecule has 0 saturated heterocycles. The van der Waals surface area contributed by atoms with Gasteiger partial charge in [-0.25, -0.2) is 0 Å². The highest BCUT2D eigenvalue weighted by molar-refractivity contribution is 5.30. The van der Waals surface area contributed by atoms with Crippen LogP contribution in [0.2, 0.25) is 0 Å². The van der Waals surface area contributed by atoms with Gasteiger partial charge in [-0.2, -0.15) is 0 Å². The molecule has 2 aromatic carbocycles. The highest BCUT2D eigenvalue weighted by atomic mass is 16.5. The summed E-state index contributed by atoms with van der Waals surface area (Å²) in [6, 6.07) is 19.5. The van der Waals surface area contributed by atoms with Gasteiger partial charge in [0.25, 0.3) is 0 Å². The van der Waals surface area contributed by atoms with E-state index in [9.17, 15) is 0 Å². The van der Waals surface area contributed by atoms with Crippen molar-refractivity contribution in [1.82, 2.24) is 0 Å². The van der Waals surface area contributed by atoms with E-state index >= 15 is 0 Å². The Labute approximate surface area is 231 Å². The van der Waals surface area contributed by atoms with Crippen molar-refractivity contribution in [3.05, 3.63) is 192 Å². The third kappa shape index (κ3) is 101. The first-order valence-corrected chi connectivity index (χ1v) is 10.4. The Hall–Kier alpha value is -4.44. The molecule has 37 heavy (non-hydrogen) atoms. The third-order valence-electron chi connectivity index (χ3n) is 1.82. The first-order valence-electron chi connectivity index (χ1n) is 10.4. The molecule has 0 unspecified atom stereocenters. The van der Waals surface area contributed by atoms with Crippen molar-refractivity contribution in [3.63, 3.8) is 0 Å². The van der Waals surface area contributed by atoms with Gasteiger partial charge < -0.3 is 14.9 Å². The van der Waals surface area contributed by atoms with Crippen molar-refractivity contribution in [1.29, 1.82) is 0 Å². The highest BCUT2D eigenvalue weighted by Crippen LogP contribution is 2.19. The molecule has 210 valence electrons. The average Bonchev–Trinajstić information content (AvgIpc) is 3.08. The summed E-state index contributed by atoms with van der Waals surface area (Å²) in [4.78, 5) is 0. The zero-order valence-corrected chi connectivity index (χ0v) is 23.6. The van der Waals surface area contributed by atoms with Crippen molar-refractivity contribution in [3.8, 4) is 11.5 Å². The van der Waals surface area contributed by atoms with Crippen LogP contribution in [0.4, 0.5) is 0 Å². The van der Waals surface area contributed by atoms with Gasteiger partial charge in [-0.1, -0.05) is 36.4 Å². The number of para-hydroxylation sites is 2. The minimum atomic E-state index is -0.125. The number of benzene rings is 2. The van der Waals surface area contributed by atoms with Gasteiger partial charge >= 0.3 is 0 Å². The van der Waals surface area contributed by atoms with E-state index in [1.807, 2.05) is 60.7 Å². The van der Waals surface area contributed by atoms with E-state index < -0.39 is 0 Å². The molecule has 0 bridgehead atoms. The summed E-state index contributed by atoms with van der Waals surface area (Å²) >= 11 is 0. The molecule has 0 fully saturated rings. The van der Waals surface area contributed by atoms with E-state index in [0.717, 1.165) is 11.5 Å². The summed E-state index contributed by atoms with van der Waals surface area (Å²) in [5.74, 6) is 1.74. The molecule has 0 aliphatic carbocycles. The highest BCUT2D eigenvalue weighted by Gasteiger charge is 1.92. The second-order valence-electron chi connectivity index (χ2n) is 3.18. The molecule has 3 heteroatoms. The molecule has 0 aliphatic heterocycles. The van der Waals surface area contributed by atoms with Crippen LogP contribution in [0.1, 0.15) is 0 Å². The number of aliphatic hydroxyl groups is 2. The monoisotopic (exact) mass is 512 g/mol. The zero-order chi connectivity index (χ0) is 32.3. The van der Waals surface area contributed by atoms with Crippen LogP contribution in [0.15, 0.2) is 192 Å². The van der Waals surface area contributed by atoms with Crippen LogP contribution in [0.3, 0.4) is 0 Å². The molecule has 0 aliphatic rings. The minimum Gasteiger partial charge on any atom is -0.457 e. The van der Waals surface area contributed by atoms with Crippen molar-refractivity contribution in [2.45, 2.75) is 0 Å². The second-order valence-corrected chi connectivity index (χ2v) is 3.18. The Morgan fingerprint density at radius 2 is 0.514 bits per heavy atom. The Bertz CT molecular complexity index is 457. The average molecular weight is 513 g/mol. The van der Waals surface area contributed by atoms with Gasteiger partial charge in [-0.05, 0) is 24.3 Å². The number of hydrogen-bond donors (Lipinski definition) is 2. The normalized spacial score (nSPS) is 5.24. The van der Waals surface area contributed by atoms with Crippen molar-refractivity contribution in [2.24, 2.45) is 0 Å². The van der Waals surface area contributed by atoms with Gasteiger partial charge in [0.1, 0.15) is 11.5 Å². The minimum absolute atomic E-state index is 0.125. The van der Waals surface area contributed by atoms with Crippen LogP contribution in [0, 0.1) is 0 Å². The fraction of sp³-hybridized carbons (Fsp3) is 0.0588. The third-order valence-corrected chi connectivity index (χ3v) is 1.82. The van der Waals surface area contributed by atoms with Crippen LogP contribution < -0.4 is 4.74 Å². The van der Waals surface area contributed by atoms with Crippen LogP contribution in [0.5, 0.6) is 11.5 Å². The lowest BCUT2D eigenvalue weighted by molar-refractivity contribution is 0.186. The fourth-order valence-electron chi connectivity index (χ4n) is 1.11. The van der Waals surface area contributed by atoms with Gasteiger partial charge in [-0.15, -0.1) is 132 Å². The van der Waals surface area contributed by atoms with E-state index in [0.29, 0.717) is 0 Å². The molecule has 0 amide bonds. The predicted octanol–water partition coefficient (Wildman–Crippen LogP) is 10.5. The summed E-state index contributed by atoms with van der Waals surface area (Å²) in [7, 11) is 0. The number of hydrogen-bond acceptors (Lipinski definition) is 3. The standard InChI is InChI=1S/C12H10O.C2H6O2.10C2H4/c1-3-7-11(8-4-1)13-12-9-5-2-6-10-12;3-1-2-4;10*1-2/h1-10H;3-4H,1-2H2;10*1-2H2. The predicted molar refractivity (Wildman–Crippen MR) is 180 cm³/mol. The van der Waals surface area contributed by atoms with Gasteiger partial charge in [-0.3, -0.25) is 0 Å². The molecule has 2 rings (SSSR count). The Balaban J connectivity index is -0.0000000324. The summed E-state index contributed by atoms with van der Waals surface area (Å²) < 4.78 is 5.58. The van der Waals surface area contributed by atoms with Gasteiger partial charge in [0.05, 0.1) is 13.2 Å². The largest absolute Gasteiger partial charge is 0.457 e. The first kappa shape index (κ1) is 63.7. The SMILES string of the molecule is C=C.C=C.C=C.C=C.C=C.C=C.C=C.C=C.C=C.C=C.OCCO.c1ccc(Oc2ccccc2)cc1. The van der Waals surface area contributed by atoms with E-state index in [-0.39, 0.29) is 13.2 Å². The number of aliphatic hydroxyl groups excluding tert-OH is 2. The van der Waals surface area contributed by atoms with E-state index in [2.05, 4.69) is 132 Å². The maximum absolute atomic E-state index is 7.62.